The number of nitrogens with one attached hydrogen (secondary N) is 5. The zero-order valence-electron chi connectivity index (χ0n) is 73.7. The number of aromatic nitrogens is 18. The molecule has 6 N–H and O–H groups in total. The number of rotatable bonds is 24. The molecular formula is C82H107N23O14S9. The molecule has 2 aliphatic carbocycles. The Morgan fingerprint density at radius 2 is 1.11 bits per heavy atom. The number of carbonyl (C=O) groups excluding carboxylic acids is 2. The lowest BCUT2D eigenvalue weighted by Crippen LogP contribution is -2.40. The van der Waals surface area contributed by atoms with Gasteiger partial charge < -0.3 is 48.3 Å². The number of amides is 1. The van der Waals surface area contributed by atoms with E-state index in [2.05, 4.69) is 98.2 Å². The smallest absolute Gasteiger partial charge is 0.407 e. The van der Waals surface area contributed by atoms with Crippen LogP contribution in [-0.4, -0.2) is 197 Å². The Balaban J connectivity index is 0.000000150. The Morgan fingerprint density at radius 3 is 1.64 bits per heavy atom. The van der Waals surface area contributed by atoms with E-state index < -0.39 is 17.7 Å². The lowest BCUT2D eigenvalue weighted by molar-refractivity contribution is -0.140. The Hall–Kier alpha value is -9.65. The van der Waals surface area contributed by atoms with Gasteiger partial charge in [-0.25, -0.2) is 53.9 Å². The summed E-state index contributed by atoms with van der Waals surface area (Å²) in [5, 5.41) is 15.1. The molecule has 6 aliphatic rings. The van der Waals surface area contributed by atoms with Gasteiger partial charge in [0.25, 0.3) is 16.7 Å². The normalized spacial score (nSPS) is 14.3. The number of fused-ring (bicyclic) bond motifs is 6. The number of benzene rings is 1. The van der Waals surface area contributed by atoms with Crippen molar-refractivity contribution in [2.45, 2.75) is 161 Å². The third kappa shape index (κ3) is 25.5. The number of carboxylic acids is 1. The highest BCUT2D eigenvalue weighted by Gasteiger charge is 2.31. The van der Waals surface area contributed by atoms with Crippen LogP contribution in [0.1, 0.15) is 120 Å². The summed E-state index contributed by atoms with van der Waals surface area (Å²) in [5.74, 6) is 4.87. The second-order valence-corrected chi connectivity index (χ2v) is 38.4. The van der Waals surface area contributed by atoms with E-state index >= 15 is 0 Å². The molecule has 13 heterocycles. The standard InChI is InChI=1S/C17H25N5O4S2.C15H23N5O3S.C15H19N3O2S.C14H13N3OS2.C11H16N4OS.C10H11N3O3S2/c1-19-14-13(15(27)20(2)17(19)25)22(5-3-4-12(23)24)16(18-14)28-11-8-21-6-9-26-10-7-21;1-15(2,3)23-13(21)16-7-6-8-20-9-17-11-10(20)12(24)19(5)14(22)18(11)4;1-17-13-11(6-12(16-13)21-8-10-4-5-10)14(19)18(15(17)20)7-9-2-3-9;1-8-2-4-9(5-3-8)7-20-11-6-10-12(15-11)16-14(19)17-13(10)18;1-4-5-6-15-7-12-9-8(15)10(17)14(3)11(16)13(9)2;1-2-16-7(14)4-18-6-3-5-8(11-6)12-10(17)13-9(5)15/h3-11H2,1-2H3,(H,23,24);9H,6-8H2,1-5H3,(H,16,21);9-10H,2-8H2,1H3;2-5H,6-7H2,1H3,(H2,16,17,18,19);7H,4-6H2,1-3H3;2-4H2,1H3,(H2,12,13,15,17). The van der Waals surface area contributed by atoms with Crippen LogP contribution < -0.4 is 44.8 Å². The number of aryl methyl sites for hydroxylation is 7. The molecule has 1 saturated heterocycles. The van der Waals surface area contributed by atoms with E-state index in [4.69, 9.17) is 80.4 Å². The average Bonchev–Trinajstić information content (AvgIpc) is 1.59. The van der Waals surface area contributed by atoms with Gasteiger partial charge in [0.2, 0.25) is 0 Å². The monoisotopic (exact) mass is 1930 g/mol. The predicted octanol–water partition coefficient (Wildman–Crippen LogP) is 10.7. The number of hydrogen-bond donors (Lipinski definition) is 6. The summed E-state index contributed by atoms with van der Waals surface area (Å²) in [6.45, 7) is 19.1. The molecule has 128 heavy (non-hydrogen) atoms. The fraction of sp³-hybridized carbons (Fsp3) is 0.524. The topological polar surface area (TPSA) is 427 Å². The number of aliphatic carboxylic acids is 1. The fourth-order valence-electron chi connectivity index (χ4n) is 13.7. The molecule has 2 saturated carbocycles. The van der Waals surface area contributed by atoms with E-state index in [1.54, 1.807) is 109 Å². The molecule has 0 radical (unpaired) electrons. The first kappa shape index (κ1) is 98.9. The van der Waals surface area contributed by atoms with Crippen molar-refractivity contribution < 1.29 is 33.7 Å². The number of carboxylic acid groups (broad SMARTS) is 1. The number of esters is 1. The van der Waals surface area contributed by atoms with Gasteiger partial charge in [0.05, 0.1) is 70.0 Å². The van der Waals surface area contributed by atoms with E-state index in [9.17, 15) is 47.9 Å². The lowest BCUT2D eigenvalue weighted by atomic mass is 10.2. The molecule has 9 aromatic heterocycles. The SMILES string of the molecule is CCCCn1cnc2c1c(=S)n(C)c(=O)n2C.CCOC(=O)CSC1=Nc2[nH]c(=S)[nH]c(=O)c2C1.Cc1ccc(CSC2=Nc3[nH]c(=S)[nH]c(=O)c3C2)cc1.Cn1c(=S)c2c(nc(SCCN3CCOCC3)n2CCCC(=O)O)n(C)c1=O.Cn1c(=S)c2c(ncn2CCCNC(=O)OC(C)(C)C)n(C)c1=O.Cn1c2c(c(=O)n(CC3CC3)c1=O)CC(SCC1CC1)=N2. The molecule has 4 aliphatic heterocycles. The number of carbonyl (C=O) groups is 3. The number of hydrogen-bond acceptors (Lipinski definition) is 29. The van der Waals surface area contributed by atoms with Crippen LogP contribution in [0.3, 0.4) is 0 Å². The first-order valence-electron chi connectivity index (χ1n) is 41.8. The quantitative estimate of drug-likeness (QED) is 0.0142. The number of imidazole rings is 3. The predicted molar refractivity (Wildman–Crippen MR) is 515 cm³/mol. The molecule has 1 amide bonds. The minimum absolute atomic E-state index is 0.0716. The summed E-state index contributed by atoms with van der Waals surface area (Å²) in [4.78, 5) is 158. The maximum Gasteiger partial charge on any atom is 0.407 e. The largest absolute Gasteiger partial charge is 0.481 e. The second kappa shape index (κ2) is 44.8. The number of ether oxygens (including phenoxy) is 3. The van der Waals surface area contributed by atoms with Crippen molar-refractivity contribution in [1.82, 2.24) is 95.3 Å². The first-order valence-corrected chi connectivity index (χ1v) is 47.8. The number of unbranched alkanes of at least 4 members (excludes halogenated alkanes) is 1. The van der Waals surface area contributed by atoms with Crippen molar-refractivity contribution in [2.75, 3.05) is 63.3 Å². The molecule has 0 unspecified atom stereocenters. The molecule has 688 valence electrons. The van der Waals surface area contributed by atoms with Gasteiger partial charge in [-0.05, 0) is 121 Å². The molecule has 0 bridgehead atoms. The molecule has 37 nitrogen and oxygen atoms in total. The molecular weight excluding hydrogens is 1820 g/mol. The summed E-state index contributed by atoms with van der Waals surface area (Å²) >= 11 is 32.3. The van der Waals surface area contributed by atoms with Gasteiger partial charge >= 0.3 is 40.8 Å². The van der Waals surface area contributed by atoms with Gasteiger partial charge in [0.15, 0.2) is 31.6 Å². The molecule has 46 heteroatoms. The molecule has 0 spiro atoms. The van der Waals surface area contributed by atoms with Crippen LogP contribution in [0.5, 0.6) is 0 Å². The Bertz CT molecular complexity index is 6710. The summed E-state index contributed by atoms with van der Waals surface area (Å²) in [6.07, 6.45) is 12.9. The van der Waals surface area contributed by atoms with Crippen molar-refractivity contribution in [3.8, 4) is 0 Å². The van der Waals surface area contributed by atoms with Crippen molar-refractivity contribution >= 4 is 192 Å². The number of thioether (sulfide) groups is 4. The number of morpholine rings is 1. The van der Waals surface area contributed by atoms with E-state index in [1.165, 1.54) is 67.7 Å². The molecule has 0 atom stereocenters. The van der Waals surface area contributed by atoms with Crippen LogP contribution >= 0.6 is 108 Å². The molecule has 3 fully saturated rings. The maximum atomic E-state index is 12.6. The third-order valence-electron chi connectivity index (χ3n) is 21.1. The molecule has 16 rings (SSSR count). The Morgan fingerprint density at radius 1 is 0.586 bits per heavy atom. The highest BCUT2D eigenvalue weighted by Crippen LogP contribution is 2.37. The van der Waals surface area contributed by atoms with Crippen LogP contribution in [0.4, 0.5) is 22.2 Å². The van der Waals surface area contributed by atoms with Crippen LogP contribution in [0, 0.1) is 42.2 Å². The zero-order valence-corrected chi connectivity index (χ0v) is 81.0. The third-order valence-corrected chi connectivity index (χ3v) is 27.1. The van der Waals surface area contributed by atoms with Crippen molar-refractivity contribution in [3.63, 3.8) is 0 Å². The van der Waals surface area contributed by atoms with Gasteiger partial charge in [0.1, 0.15) is 53.5 Å². The van der Waals surface area contributed by atoms with Gasteiger partial charge in [0, 0.05) is 145 Å². The number of alkyl carbamates (subject to hydrolysis) is 1. The number of aliphatic imine (C=N–C) groups is 3. The second-order valence-electron chi connectivity index (χ2n) is 32.1. The fourth-order valence-corrected chi connectivity index (χ4v) is 18.8. The number of aromatic amines is 4. The van der Waals surface area contributed by atoms with Crippen LogP contribution in [0.2, 0.25) is 0 Å². The maximum absolute atomic E-state index is 12.6. The van der Waals surface area contributed by atoms with Crippen molar-refractivity contribution in [2.24, 2.45) is 76.1 Å². The van der Waals surface area contributed by atoms with Gasteiger partial charge in [-0.1, -0.05) is 103 Å². The number of nitrogens with zero attached hydrogens (tertiary/aromatic N) is 18. The minimum Gasteiger partial charge on any atom is -0.481 e. The zero-order chi connectivity index (χ0) is 92.7. The lowest BCUT2D eigenvalue weighted by Gasteiger charge is -2.26. The minimum atomic E-state index is -0.831. The van der Waals surface area contributed by atoms with Gasteiger partial charge in [-0.15, -0.1) is 23.5 Å². The van der Waals surface area contributed by atoms with Crippen LogP contribution in [0.15, 0.2) is 90.6 Å². The Kier molecular flexibility index (Phi) is 34.6. The van der Waals surface area contributed by atoms with E-state index in [-0.39, 0.29) is 62.4 Å². The van der Waals surface area contributed by atoms with Gasteiger partial charge in [-0.3, -0.25) is 75.4 Å². The van der Waals surface area contributed by atoms with E-state index in [0.29, 0.717) is 151 Å². The molecule has 1 aromatic carbocycles. The first-order chi connectivity index (χ1) is 60.9. The molecule has 10 aromatic rings. The number of H-pyrrole nitrogens is 4. The van der Waals surface area contributed by atoms with Crippen LogP contribution in [0.25, 0.3) is 33.5 Å². The van der Waals surface area contributed by atoms with Crippen molar-refractivity contribution in [3.05, 3.63) is 161 Å². The van der Waals surface area contributed by atoms with E-state index in [0.717, 1.165) is 115 Å². The summed E-state index contributed by atoms with van der Waals surface area (Å²) in [7, 11) is 11.8. The van der Waals surface area contributed by atoms with E-state index in [1.807, 2.05) is 34.5 Å². The summed E-state index contributed by atoms with van der Waals surface area (Å²) < 4.78 is 35.1. The highest BCUT2D eigenvalue weighted by molar-refractivity contribution is 8.14. The average molecular weight is 1930 g/mol. The highest BCUT2D eigenvalue weighted by atomic mass is 32.2. The van der Waals surface area contributed by atoms with Gasteiger partial charge in [-0.2, -0.15) is 0 Å². The van der Waals surface area contributed by atoms with Crippen molar-refractivity contribution in [1.29, 1.82) is 0 Å². The summed E-state index contributed by atoms with van der Waals surface area (Å²) in [5.41, 5.74) is 6.72. The Labute approximate surface area is 777 Å². The van der Waals surface area contributed by atoms with Crippen LogP contribution in [-0.2, 0) is 124 Å². The summed E-state index contributed by atoms with van der Waals surface area (Å²) in [6, 6.07) is 8.43.